The summed E-state index contributed by atoms with van der Waals surface area (Å²) >= 11 is 0. The average molecular weight is 407 g/mol. The molecular formula is C18H26N6O3S. The second-order valence-corrected chi connectivity index (χ2v) is 9.41. The predicted octanol–water partition coefficient (Wildman–Crippen LogP) is 0.0784. The van der Waals surface area contributed by atoms with Crippen LogP contribution in [0.4, 0.5) is 0 Å². The van der Waals surface area contributed by atoms with Crippen molar-refractivity contribution >= 4 is 10.0 Å². The van der Waals surface area contributed by atoms with E-state index in [1.807, 2.05) is 0 Å². The molecule has 10 heteroatoms. The van der Waals surface area contributed by atoms with E-state index in [-0.39, 0.29) is 10.5 Å². The molecule has 28 heavy (non-hydrogen) atoms. The lowest BCUT2D eigenvalue weighted by molar-refractivity contribution is 0.180. The van der Waals surface area contributed by atoms with Crippen molar-refractivity contribution in [3.8, 4) is 0 Å². The number of nitrogens with zero attached hydrogens (tertiary/aromatic N) is 5. The van der Waals surface area contributed by atoms with Crippen LogP contribution in [-0.4, -0.2) is 70.3 Å². The monoisotopic (exact) mass is 406 g/mol. The molecule has 1 fully saturated rings. The summed E-state index contributed by atoms with van der Waals surface area (Å²) in [6.45, 7) is 6.77. The van der Waals surface area contributed by atoms with Gasteiger partial charge < -0.3 is 0 Å². The van der Waals surface area contributed by atoms with Gasteiger partial charge in [-0.15, -0.1) is 0 Å². The summed E-state index contributed by atoms with van der Waals surface area (Å²) in [7, 11) is -3.54. The van der Waals surface area contributed by atoms with E-state index in [0.717, 1.165) is 30.5 Å². The van der Waals surface area contributed by atoms with E-state index >= 15 is 0 Å². The van der Waals surface area contributed by atoms with Crippen molar-refractivity contribution in [2.24, 2.45) is 0 Å². The van der Waals surface area contributed by atoms with Crippen molar-refractivity contribution in [3.05, 3.63) is 39.1 Å². The van der Waals surface area contributed by atoms with Crippen LogP contribution in [0, 0.1) is 13.8 Å². The number of aryl methyl sites for hydroxylation is 4. The van der Waals surface area contributed by atoms with Crippen LogP contribution in [0.1, 0.15) is 29.1 Å². The van der Waals surface area contributed by atoms with Crippen LogP contribution in [-0.2, 0) is 29.4 Å². The summed E-state index contributed by atoms with van der Waals surface area (Å²) < 4.78 is 28.9. The number of H-pyrrole nitrogens is 1. The Labute approximate surface area is 164 Å². The number of aromatic nitrogens is 4. The van der Waals surface area contributed by atoms with Gasteiger partial charge in [0.25, 0.3) is 5.56 Å². The molecule has 3 heterocycles. The molecule has 152 valence electrons. The Bertz CT molecular complexity index is 1010. The quantitative estimate of drug-likeness (QED) is 0.754. The first kappa shape index (κ1) is 19.3. The molecule has 0 amide bonds. The largest absolute Gasteiger partial charge is 0.299 e. The van der Waals surface area contributed by atoms with Gasteiger partial charge >= 0.3 is 0 Å². The predicted molar refractivity (Wildman–Crippen MR) is 104 cm³/mol. The van der Waals surface area contributed by atoms with Gasteiger partial charge in [-0.3, -0.25) is 14.8 Å². The summed E-state index contributed by atoms with van der Waals surface area (Å²) in [5.41, 5.74) is 3.16. The van der Waals surface area contributed by atoms with Gasteiger partial charge in [0.1, 0.15) is 4.90 Å². The van der Waals surface area contributed by atoms with Gasteiger partial charge in [0.05, 0.1) is 23.6 Å². The number of fused-ring (bicyclic) bond motifs is 1. The molecule has 0 radical (unpaired) electrons. The van der Waals surface area contributed by atoms with Crippen LogP contribution in [0.25, 0.3) is 0 Å². The fourth-order valence-corrected chi connectivity index (χ4v) is 5.83. The second-order valence-electron chi connectivity index (χ2n) is 7.54. The van der Waals surface area contributed by atoms with Crippen LogP contribution < -0.4 is 5.56 Å². The summed E-state index contributed by atoms with van der Waals surface area (Å²) in [6.07, 6.45) is 2.96. The maximum absolute atomic E-state index is 12.9. The molecule has 1 N–H and O–H groups in total. The minimum atomic E-state index is -3.54. The third kappa shape index (κ3) is 3.51. The molecule has 2 aliphatic rings. The minimum Gasteiger partial charge on any atom is -0.299 e. The Morgan fingerprint density at radius 3 is 2.54 bits per heavy atom. The second kappa shape index (κ2) is 7.41. The van der Waals surface area contributed by atoms with Crippen molar-refractivity contribution in [1.82, 2.24) is 29.2 Å². The summed E-state index contributed by atoms with van der Waals surface area (Å²) in [4.78, 5) is 14.7. The van der Waals surface area contributed by atoms with Crippen molar-refractivity contribution in [3.63, 3.8) is 0 Å². The number of nitrogens with one attached hydrogen (secondary N) is 1. The first-order chi connectivity index (χ1) is 13.4. The van der Waals surface area contributed by atoms with Crippen molar-refractivity contribution in [1.29, 1.82) is 0 Å². The zero-order chi connectivity index (χ0) is 19.9. The van der Waals surface area contributed by atoms with Gasteiger partial charge in [0.15, 0.2) is 0 Å². The lowest BCUT2D eigenvalue weighted by atomic mass is 10.2. The Morgan fingerprint density at radius 1 is 1.11 bits per heavy atom. The zero-order valence-electron chi connectivity index (χ0n) is 16.3. The van der Waals surface area contributed by atoms with E-state index in [0.29, 0.717) is 50.7 Å². The van der Waals surface area contributed by atoms with Crippen molar-refractivity contribution in [2.75, 3.05) is 32.7 Å². The Balaban J connectivity index is 1.37. The molecule has 9 nitrogen and oxygen atoms in total. The maximum Gasteiger partial charge on any atom is 0.267 e. The SMILES string of the molecule is Cc1n[nH]c(C)c1S(=O)(=O)N1CCN(CCn2nc3c(cc2=O)CCC3)CC1. The molecule has 1 saturated heterocycles. The number of hydrogen-bond acceptors (Lipinski definition) is 6. The smallest absolute Gasteiger partial charge is 0.267 e. The molecule has 1 aliphatic heterocycles. The highest BCUT2D eigenvalue weighted by Crippen LogP contribution is 2.22. The number of aromatic amines is 1. The molecule has 2 aromatic rings. The van der Waals surface area contributed by atoms with Gasteiger partial charge in [-0.25, -0.2) is 13.1 Å². The van der Waals surface area contributed by atoms with Gasteiger partial charge in [0, 0.05) is 38.8 Å². The van der Waals surface area contributed by atoms with E-state index in [4.69, 9.17) is 0 Å². The molecule has 0 atom stereocenters. The Hall–Kier alpha value is -2.04. The van der Waals surface area contributed by atoms with E-state index in [1.165, 1.54) is 4.31 Å². The third-order valence-corrected chi connectivity index (χ3v) is 7.80. The van der Waals surface area contributed by atoms with Crippen LogP contribution in [0.15, 0.2) is 15.8 Å². The van der Waals surface area contributed by atoms with Crippen LogP contribution >= 0.6 is 0 Å². The highest BCUT2D eigenvalue weighted by Gasteiger charge is 2.32. The minimum absolute atomic E-state index is 0.0484. The van der Waals surface area contributed by atoms with E-state index in [1.54, 1.807) is 24.6 Å². The molecular weight excluding hydrogens is 380 g/mol. The summed E-state index contributed by atoms with van der Waals surface area (Å²) in [6, 6.07) is 1.72. The third-order valence-electron chi connectivity index (χ3n) is 5.64. The van der Waals surface area contributed by atoms with E-state index in [9.17, 15) is 13.2 Å². The van der Waals surface area contributed by atoms with Gasteiger partial charge in [-0.05, 0) is 38.7 Å². The van der Waals surface area contributed by atoms with Gasteiger partial charge in [0.2, 0.25) is 10.0 Å². The molecule has 1 aliphatic carbocycles. The van der Waals surface area contributed by atoms with Crippen LogP contribution in [0.2, 0.25) is 0 Å². The first-order valence-electron chi connectivity index (χ1n) is 9.70. The normalized spacial score (nSPS) is 18.5. The van der Waals surface area contributed by atoms with Crippen molar-refractivity contribution in [2.45, 2.75) is 44.6 Å². The number of sulfonamides is 1. The van der Waals surface area contributed by atoms with E-state index < -0.39 is 10.0 Å². The topological polar surface area (TPSA) is 104 Å². The number of rotatable bonds is 5. The van der Waals surface area contributed by atoms with E-state index in [2.05, 4.69) is 20.2 Å². The highest BCUT2D eigenvalue weighted by atomic mass is 32.2. The fraction of sp³-hybridized carbons (Fsp3) is 0.611. The fourth-order valence-electron chi connectivity index (χ4n) is 4.08. The summed E-state index contributed by atoms with van der Waals surface area (Å²) in [5.74, 6) is 0. The number of hydrogen-bond donors (Lipinski definition) is 1. The molecule has 0 aromatic carbocycles. The Morgan fingerprint density at radius 2 is 1.86 bits per heavy atom. The molecule has 4 rings (SSSR count). The number of piperazine rings is 1. The molecule has 2 aromatic heterocycles. The molecule has 0 spiro atoms. The first-order valence-corrected chi connectivity index (χ1v) is 11.1. The lowest BCUT2D eigenvalue weighted by Gasteiger charge is -2.33. The zero-order valence-corrected chi connectivity index (χ0v) is 17.1. The molecule has 0 saturated carbocycles. The summed E-state index contributed by atoms with van der Waals surface area (Å²) in [5, 5.41) is 11.3. The van der Waals surface area contributed by atoms with Gasteiger partial charge in [-0.1, -0.05) is 0 Å². The van der Waals surface area contributed by atoms with Crippen LogP contribution in [0.5, 0.6) is 0 Å². The van der Waals surface area contributed by atoms with Gasteiger partial charge in [-0.2, -0.15) is 14.5 Å². The lowest BCUT2D eigenvalue weighted by Crippen LogP contribution is -2.49. The Kier molecular flexibility index (Phi) is 5.11. The molecule has 0 unspecified atom stereocenters. The van der Waals surface area contributed by atoms with Crippen LogP contribution in [0.3, 0.4) is 0 Å². The maximum atomic E-state index is 12.9. The highest BCUT2D eigenvalue weighted by molar-refractivity contribution is 7.89. The molecule has 0 bridgehead atoms. The van der Waals surface area contributed by atoms with Crippen molar-refractivity contribution < 1.29 is 8.42 Å². The average Bonchev–Trinajstić information content (AvgIpc) is 3.25. The standard InChI is InChI=1S/C18H26N6O3S/c1-13-18(14(2)20-19-13)28(26,27)23-9-6-22(7-10-23)8-11-24-17(25)12-15-4-3-5-16(15)21-24/h12H,3-11H2,1-2H3,(H,19,20).